The Bertz CT molecular complexity index is 421. The zero-order chi connectivity index (χ0) is 9.76. The number of carbonyl (C=O) groups excluding carboxylic acids is 1. The molecule has 0 radical (unpaired) electrons. The van der Waals surface area contributed by atoms with Crippen molar-refractivity contribution in [3.8, 4) is 5.75 Å². The van der Waals surface area contributed by atoms with Crippen LogP contribution in [0.15, 0.2) is 23.1 Å². The van der Waals surface area contributed by atoms with E-state index in [1.165, 1.54) is 0 Å². The van der Waals surface area contributed by atoms with Crippen molar-refractivity contribution in [3.63, 3.8) is 0 Å². The molecule has 1 aliphatic heterocycles. The molecule has 1 aromatic rings. The van der Waals surface area contributed by atoms with Gasteiger partial charge in [-0.1, -0.05) is 0 Å². The Hall–Kier alpha value is -0.960. The highest BCUT2D eigenvalue weighted by molar-refractivity contribution is 7.98. The molecule has 1 fully saturated rings. The summed E-state index contributed by atoms with van der Waals surface area (Å²) in [5, 5.41) is 0. The van der Waals surface area contributed by atoms with Gasteiger partial charge >= 0.3 is 0 Å². The van der Waals surface area contributed by atoms with Crippen LogP contribution in [-0.4, -0.2) is 17.6 Å². The van der Waals surface area contributed by atoms with Crippen LogP contribution in [0.25, 0.3) is 0 Å². The van der Waals surface area contributed by atoms with E-state index in [4.69, 9.17) is 4.74 Å². The van der Waals surface area contributed by atoms with Gasteiger partial charge < -0.3 is 4.74 Å². The van der Waals surface area contributed by atoms with Gasteiger partial charge in [0.1, 0.15) is 5.75 Å². The second-order valence-corrected chi connectivity index (χ2v) is 4.67. The second-order valence-electron chi connectivity index (χ2n) is 3.79. The monoisotopic (exact) mass is 206 g/mol. The van der Waals surface area contributed by atoms with Gasteiger partial charge in [-0.05, 0) is 37.3 Å². The lowest BCUT2D eigenvalue weighted by Crippen LogP contribution is -2.21. The number of Topliss-reactive ketones (excluding diaryl/α,β-unsaturated/α-hetero) is 1. The fourth-order valence-corrected chi connectivity index (χ4v) is 2.29. The summed E-state index contributed by atoms with van der Waals surface area (Å²) < 4.78 is 5.66. The maximum Gasteiger partial charge on any atom is 0.210 e. The van der Waals surface area contributed by atoms with Crippen LogP contribution < -0.4 is 4.74 Å². The Balaban J connectivity index is 2.10. The summed E-state index contributed by atoms with van der Waals surface area (Å²) in [4.78, 5) is 13.0. The lowest BCUT2D eigenvalue weighted by atomic mass is 10.1. The first-order valence-corrected chi connectivity index (χ1v) is 5.89. The average Bonchev–Trinajstić information content (AvgIpc) is 2.92. The van der Waals surface area contributed by atoms with Crippen molar-refractivity contribution in [3.05, 3.63) is 23.8 Å². The maximum absolute atomic E-state index is 11.9. The van der Waals surface area contributed by atoms with Crippen molar-refractivity contribution >= 4 is 17.5 Å². The molecule has 72 valence electrons. The molecule has 0 amide bonds. The van der Waals surface area contributed by atoms with E-state index in [1.807, 2.05) is 24.5 Å². The van der Waals surface area contributed by atoms with Crippen LogP contribution in [0.3, 0.4) is 0 Å². The number of fused-ring (bicyclic) bond motifs is 1. The van der Waals surface area contributed by atoms with Gasteiger partial charge in [0, 0.05) is 4.90 Å². The number of benzene rings is 1. The van der Waals surface area contributed by atoms with E-state index >= 15 is 0 Å². The Morgan fingerprint density at radius 1 is 1.43 bits per heavy atom. The Morgan fingerprint density at radius 2 is 2.21 bits per heavy atom. The molecule has 2 nitrogen and oxygen atoms in total. The van der Waals surface area contributed by atoms with Gasteiger partial charge in [-0.3, -0.25) is 4.79 Å². The summed E-state index contributed by atoms with van der Waals surface area (Å²) in [6.45, 7) is 0. The summed E-state index contributed by atoms with van der Waals surface area (Å²) in [6.07, 6.45) is 3.78. The molecule has 1 spiro atoms. The molecule has 0 bridgehead atoms. The predicted octanol–water partition coefficient (Wildman–Crippen LogP) is 2.52. The van der Waals surface area contributed by atoms with Crippen molar-refractivity contribution in [1.29, 1.82) is 0 Å². The zero-order valence-electron chi connectivity index (χ0n) is 7.87. The van der Waals surface area contributed by atoms with Crippen LogP contribution in [0.1, 0.15) is 23.2 Å². The van der Waals surface area contributed by atoms with Gasteiger partial charge in [0.05, 0.1) is 5.56 Å². The minimum absolute atomic E-state index is 0.184. The highest BCUT2D eigenvalue weighted by Crippen LogP contribution is 2.50. The van der Waals surface area contributed by atoms with Gasteiger partial charge in [0.25, 0.3) is 0 Å². The topological polar surface area (TPSA) is 26.3 Å². The standard InChI is InChI=1S/C11H10O2S/c1-14-7-2-3-9-8(6-7)10(12)11(13-9)4-5-11/h2-3,6H,4-5H2,1H3. The zero-order valence-corrected chi connectivity index (χ0v) is 8.69. The van der Waals surface area contributed by atoms with Crippen molar-refractivity contribution in [2.24, 2.45) is 0 Å². The van der Waals surface area contributed by atoms with Crippen molar-refractivity contribution in [2.75, 3.05) is 6.26 Å². The van der Waals surface area contributed by atoms with E-state index < -0.39 is 5.60 Å². The molecule has 0 saturated heterocycles. The number of carbonyl (C=O) groups is 1. The predicted molar refractivity (Wildman–Crippen MR) is 55.1 cm³/mol. The molecule has 1 aliphatic carbocycles. The smallest absolute Gasteiger partial charge is 0.210 e. The summed E-state index contributed by atoms with van der Waals surface area (Å²) >= 11 is 1.65. The Labute approximate surface area is 86.6 Å². The molecule has 3 heteroatoms. The van der Waals surface area contributed by atoms with E-state index in [0.717, 1.165) is 29.1 Å². The summed E-state index contributed by atoms with van der Waals surface area (Å²) in [7, 11) is 0. The first-order chi connectivity index (χ1) is 6.75. The second kappa shape index (κ2) is 2.54. The van der Waals surface area contributed by atoms with E-state index in [9.17, 15) is 4.79 Å². The van der Waals surface area contributed by atoms with E-state index in [0.29, 0.717) is 0 Å². The fourth-order valence-electron chi connectivity index (χ4n) is 1.85. The largest absolute Gasteiger partial charge is 0.478 e. The molecule has 0 aromatic heterocycles. The molecule has 0 N–H and O–H groups in total. The number of rotatable bonds is 1. The van der Waals surface area contributed by atoms with Gasteiger partial charge in [0.15, 0.2) is 5.60 Å². The summed E-state index contributed by atoms with van der Waals surface area (Å²) in [5.41, 5.74) is 0.327. The third-order valence-corrected chi connectivity index (χ3v) is 3.58. The molecular formula is C11H10O2S. The van der Waals surface area contributed by atoms with E-state index in [-0.39, 0.29) is 5.78 Å². The lowest BCUT2D eigenvalue weighted by molar-refractivity contribution is 0.0820. The molecule has 1 aromatic carbocycles. The molecular weight excluding hydrogens is 196 g/mol. The molecule has 3 rings (SSSR count). The van der Waals surface area contributed by atoms with Crippen LogP contribution in [-0.2, 0) is 0 Å². The first kappa shape index (κ1) is 8.36. The van der Waals surface area contributed by atoms with Gasteiger partial charge in [-0.15, -0.1) is 11.8 Å². The number of ketones is 1. The highest BCUT2D eigenvalue weighted by atomic mass is 32.2. The van der Waals surface area contributed by atoms with Crippen molar-refractivity contribution in [1.82, 2.24) is 0 Å². The van der Waals surface area contributed by atoms with Crippen LogP contribution in [0.4, 0.5) is 0 Å². The summed E-state index contributed by atoms with van der Waals surface area (Å²) in [5.74, 6) is 0.953. The SMILES string of the molecule is CSc1ccc2c(c1)C(=O)C1(CC1)O2. The quantitative estimate of drug-likeness (QED) is 0.660. The van der Waals surface area contributed by atoms with Gasteiger partial charge in [-0.25, -0.2) is 0 Å². The van der Waals surface area contributed by atoms with Gasteiger partial charge in [-0.2, -0.15) is 0 Å². The number of hydrogen-bond donors (Lipinski definition) is 0. The Morgan fingerprint density at radius 3 is 2.86 bits per heavy atom. The number of hydrogen-bond acceptors (Lipinski definition) is 3. The lowest BCUT2D eigenvalue weighted by Gasteiger charge is -2.03. The van der Waals surface area contributed by atoms with Crippen molar-refractivity contribution in [2.45, 2.75) is 23.3 Å². The average molecular weight is 206 g/mol. The van der Waals surface area contributed by atoms with E-state index in [1.54, 1.807) is 11.8 Å². The van der Waals surface area contributed by atoms with Gasteiger partial charge in [0.2, 0.25) is 5.78 Å². The molecule has 1 heterocycles. The van der Waals surface area contributed by atoms with Crippen LogP contribution in [0.5, 0.6) is 5.75 Å². The van der Waals surface area contributed by atoms with Crippen LogP contribution in [0, 0.1) is 0 Å². The normalized spacial score (nSPS) is 20.8. The molecule has 0 unspecified atom stereocenters. The maximum atomic E-state index is 11.9. The highest BCUT2D eigenvalue weighted by Gasteiger charge is 2.57. The molecule has 2 aliphatic rings. The van der Waals surface area contributed by atoms with Crippen molar-refractivity contribution < 1.29 is 9.53 Å². The van der Waals surface area contributed by atoms with Crippen LogP contribution >= 0.6 is 11.8 Å². The van der Waals surface area contributed by atoms with Crippen LogP contribution in [0.2, 0.25) is 0 Å². The molecule has 0 atom stereocenters. The third kappa shape index (κ3) is 0.960. The summed E-state index contributed by atoms with van der Waals surface area (Å²) in [6, 6.07) is 5.85. The van der Waals surface area contributed by atoms with E-state index in [2.05, 4.69) is 0 Å². The number of thioether (sulfide) groups is 1. The minimum atomic E-state index is -0.445. The number of ether oxygens (including phenoxy) is 1. The molecule has 14 heavy (non-hydrogen) atoms. The fraction of sp³-hybridized carbons (Fsp3) is 0.364. The molecule has 1 saturated carbocycles. The first-order valence-electron chi connectivity index (χ1n) is 4.67. The third-order valence-electron chi connectivity index (χ3n) is 2.85. The Kier molecular flexibility index (Phi) is 1.52. The minimum Gasteiger partial charge on any atom is -0.478 e.